The Bertz CT molecular complexity index is 1470. The van der Waals surface area contributed by atoms with E-state index in [9.17, 15) is 28.0 Å². The van der Waals surface area contributed by atoms with E-state index in [1.807, 2.05) is 6.07 Å². The van der Waals surface area contributed by atoms with Crippen molar-refractivity contribution in [1.82, 2.24) is 9.97 Å². The SMILES string of the molecule is COC(=O)C1=C(C(=O)OC)N(c2cccc3[nH]c(C(F)(F)F)nc23)C(N)=C(C#N)C1c1ccccc1. The van der Waals surface area contributed by atoms with Gasteiger partial charge in [0.2, 0.25) is 5.82 Å². The zero-order valence-corrected chi connectivity index (χ0v) is 18.9. The summed E-state index contributed by atoms with van der Waals surface area (Å²) in [7, 11) is 2.16. The summed E-state index contributed by atoms with van der Waals surface area (Å²) < 4.78 is 50.0. The van der Waals surface area contributed by atoms with Crippen LogP contribution in [0.2, 0.25) is 0 Å². The number of fused-ring (bicyclic) bond motifs is 1. The number of rotatable bonds is 4. The quantitative estimate of drug-likeness (QED) is 0.524. The summed E-state index contributed by atoms with van der Waals surface area (Å²) in [5.41, 5.74) is 5.73. The molecule has 36 heavy (non-hydrogen) atoms. The van der Waals surface area contributed by atoms with E-state index < -0.39 is 35.6 Å². The molecule has 3 aromatic rings. The molecule has 1 unspecified atom stereocenters. The molecule has 0 aliphatic carbocycles. The number of nitrogens with zero attached hydrogens (tertiary/aromatic N) is 3. The van der Waals surface area contributed by atoms with Crippen molar-refractivity contribution in [3.05, 3.63) is 82.6 Å². The van der Waals surface area contributed by atoms with Gasteiger partial charge in [-0.3, -0.25) is 4.90 Å². The second-order valence-electron chi connectivity index (χ2n) is 7.59. The first-order chi connectivity index (χ1) is 17.1. The van der Waals surface area contributed by atoms with Crippen LogP contribution < -0.4 is 10.6 Å². The highest BCUT2D eigenvalue weighted by molar-refractivity contribution is 6.08. The number of nitrogens with two attached hydrogens (primary N) is 1. The van der Waals surface area contributed by atoms with Crippen molar-refractivity contribution in [3.63, 3.8) is 0 Å². The molecule has 9 nitrogen and oxygen atoms in total. The topological polar surface area (TPSA) is 134 Å². The Morgan fingerprint density at radius 2 is 1.75 bits per heavy atom. The highest BCUT2D eigenvalue weighted by Gasteiger charge is 2.44. The molecule has 2 aromatic carbocycles. The van der Waals surface area contributed by atoms with Crippen molar-refractivity contribution < 1.29 is 32.2 Å². The first-order valence-electron chi connectivity index (χ1n) is 10.4. The number of esters is 2. The maximum Gasteiger partial charge on any atom is 0.449 e. The largest absolute Gasteiger partial charge is 0.466 e. The second kappa shape index (κ2) is 9.10. The molecule has 1 aliphatic rings. The van der Waals surface area contributed by atoms with Crippen LogP contribution in [0.25, 0.3) is 11.0 Å². The second-order valence-corrected chi connectivity index (χ2v) is 7.59. The third-order valence-corrected chi connectivity index (χ3v) is 5.61. The molecule has 0 saturated carbocycles. The van der Waals surface area contributed by atoms with Crippen molar-refractivity contribution in [1.29, 1.82) is 5.26 Å². The highest BCUT2D eigenvalue weighted by atomic mass is 19.4. The van der Waals surface area contributed by atoms with Gasteiger partial charge in [-0.25, -0.2) is 14.6 Å². The van der Waals surface area contributed by atoms with Crippen LogP contribution in [0.1, 0.15) is 17.3 Å². The number of aromatic nitrogens is 2. The summed E-state index contributed by atoms with van der Waals surface area (Å²) in [6.45, 7) is 0. The molecular formula is C24H18F3N5O4. The number of carbonyl (C=O) groups is 2. The van der Waals surface area contributed by atoms with Gasteiger partial charge in [-0.1, -0.05) is 36.4 Å². The fourth-order valence-electron chi connectivity index (χ4n) is 4.10. The lowest BCUT2D eigenvalue weighted by molar-refractivity contribution is -0.144. The third kappa shape index (κ3) is 3.90. The summed E-state index contributed by atoms with van der Waals surface area (Å²) in [6, 6.07) is 14.4. The number of allylic oxidation sites excluding steroid dienone is 1. The van der Waals surface area contributed by atoms with Gasteiger partial charge in [-0.2, -0.15) is 18.4 Å². The molecule has 12 heteroatoms. The fourth-order valence-corrected chi connectivity index (χ4v) is 4.10. The highest BCUT2D eigenvalue weighted by Crippen LogP contribution is 2.44. The number of hydrogen-bond acceptors (Lipinski definition) is 8. The average molecular weight is 497 g/mol. The Hall–Kier alpha value is -4.79. The Morgan fingerprint density at radius 3 is 2.33 bits per heavy atom. The summed E-state index contributed by atoms with van der Waals surface area (Å²) in [4.78, 5) is 33.0. The van der Waals surface area contributed by atoms with Gasteiger partial charge >= 0.3 is 18.1 Å². The van der Waals surface area contributed by atoms with Crippen LogP contribution in [0.3, 0.4) is 0 Å². The Kier molecular flexibility index (Phi) is 6.15. The maximum absolute atomic E-state index is 13.4. The van der Waals surface area contributed by atoms with E-state index in [2.05, 4.69) is 9.97 Å². The van der Waals surface area contributed by atoms with Gasteiger partial charge in [-0.15, -0.1) is 0 Å². The molecule has 1 aliphatic heterocycles. The number of carbonyl (C=O) groups excluding carboxylic acids is 2. The Morgan fingerprint density at radius 1 is 1.08 bits per heavy atom. The van der Waals surface area contributed by atoms with E-state index in [-0.39, 0.29) is 33.7 Å². The molecule has 0 radical (unpaired) electrons. The Balaban J connectivity index is 2.10. The summed E-state index contributed by atoms with van der Waals surface area (Å²) >= 11 is 0. The molecule has 3 N–H and O–H groups in total. The van der Waals surface area contributed by atoms with Gasteiger partial charge in [-0.05, 0) is 17.7 Å². The lowest BCUT2D eigenvalue weighted by Gasteiger charge is -2.35. The first-order valence-corrected chi connectivity index (χ1v) is 10.4. The van der Waals surface area contributed by atoms with Gasteiger partial charge in [0.1, 0.15) is 17.0 Å². The standard InChI is InChI=1S/C24H18F3N5O4/c1-35-21(33)17-16(12-7-4-3-5-8-12)13(11-28)20(29)32(19(17)22(34)36-2)15-10-6-9-14-18(15)31-23(30-14)24(25,26)27/h3-10,16H,29H2,1-2H3,(H,30,31). The van der Waals surface area contributed by atoms with Gasteiger partial charge in [0.15, 0.2) is 0 Å². The minimum Gasteiger partial charge on any atom is -0.466 e. The molecule has 1 aromatic heterocycles. The monoisotopic (exact) mass is 497 g/mol. The van der Waals surface area contributed by atoms with Crippen LogP contribution >= 0.6 is 0 Å². The van der Waals surface area contributed by atoms with Crippen molar-refractivity contribution in [2.45, 2.75) is 12.1 Å². The lowest BCUT2D eigenvalue weighted by atomic mass is 9.81. The van der Waals surface area contributed by atoms with E-state index in [1.165, 1.54) is 18.2 Å². The van der Waals surface area contributed by atoms with E-state index in [0.29, 0.717) is 5.56 Å². The smallest absolute Gasteiger partial charge is 0.449 e. The number of alkyl halides is 3. The number of halogens is 3. The zero-order valence-electron chi connectivity index (χ0n) is 18.9. The molecule has 184 valence electrons. The zero-order chi connectivity index (χ0) is 26.2. The number of imidazole rings is 1. The van der Waals surface area contributed by atoms with Crippen molar-refractivity contribution in [2.24, 2.45) is 5.73 Å². The number of benzene rings is 2. The number of nitrogens with one attached hydrogen (secondary N) is 1. The molecule has 0 amide bonds. The number of ether oxygens (including phenoxy) is 2. The average Bonchev–Trinajstić information content (AvgIpc) is 3.33. The number of anilines is 1. The van der Waals surface area contributed by atoms with Gasteiger partial charge in [0, 0.05) is 0 Å². The summed E-state index contributed by atoms with van der Waals surface area (Å²) in [6.07, 6.45) is -4.78. The lowest BCUT2D eigenvalue weighted by Crippen LogP contribution is -2.40. The fraction of sp³-hybridized carbons (Fsp3) is 0.167. The summed E-state index contributed by atoms with van der Waals surface area (Å²) in [5, 5.41) is 10.1. The van der Waals surface area contributed by atoms with Gasteiger partial charge < -0.3 is 20.2 Å². The van der Waals surface area contributed by atoms with E-state index >= 15 is 0 Å². The molecular weight excluding hydrogens is 479 g/mol. The van der Waals surface area contributed by atoms with Crippen molar-refractivity contribution >= 4 is 28.7 Å². The number of methoxy groups -OCH3 is 2. The molecule has 4 rings (SSSR count). The number of H-pyrrole nitrogens is 1. The number of nitriles is 1. The van der Waals surface area contributed by atoms with Crippen LogP contribution in [0.5, 0.6) is 0 Å². The predicted molar refractivity (Wildman–Crippen MR) is 121 cm³/mol. The summed E-state index contributed by atoms with van der Waals surface area (Å²) in [5.74, 6) is -4.66. The Labute approximate surface area is 202 Å². The van der Waals surface area contributed by atoms with Crippen molar-refractivity contribution in [3.8, 4) is 6.07 Å². The number of hydrogen-bond donors (Lipinski definition) is 2. The first kappa shape index (κ1) is 24.3. The van der Waals surface area contributed by atoms with Gasteiger partial charge in [0.05, 0.1) is 48.6 Å². The van der Waals surface area contributed by atoms with Crippen molar-refractivity contribution in [2.75, 3.05) is 19.1 Å². The third-order valence-electron chi connectivity index (χ3n) is 5.61. The van der Waals surface area contributed by atoms with Crippen LogP contribution in [0, 0.1) is 11.3 Å². The van der Waals surface area contributed by atoms with E-state index in [4.69, 9.17) is 15.2 Å². The molecule has 1 atom stereocenters. The predicted octanol–water partition coefficient (Wildman–Crippen LogP) is 3.48. The number of para-hydroxylation sites is 1. The molecule has 2 heterocycles. The molecule has 0 spiro atoms. The van der Waals surface area contributed by atoms with Crippen LogP contribution in [0.4, 0.5) is 18.9 Å². The van der Waals surface area contributed by atoms with Crippen LogP contribution in [-0.2, 0) is 25.2 Å². The van der Waals surface area contributed by atoms with Crippen LogP contribution in [0.15, 0.2) is 71.2 Å². The van der Waals surface area contributed by atoms with Crippen LogP contribution in [-0.4, -0.2) is 36.1 Å². The number of aromatic amines is 1. The van der Waals surface area contributed by atoms with E-state index in [1.54, 1.807) is 30.3 Å². The normalized spacial score (nSPS) is 16.2. The van der Waals surface area contributed by atoms with E-state index in [0.717, 1.165) is 19.1 Å². The molecule has 0 fully saturated rings. The molecule has 0 bridgehead atoms. The minimum atomic E-state index is -4.78. The minimum absolute atomic E-state index is 0.0138. The molecule has 0 saturated heterocycles. The maximum atomic E-state index is 13.4. The van der Waals surface area contributed by atoms with Gasteiger partial charge in [0.25, 0.3) is 0 Å².